The number of aryl methyl sites for hydroxylation is 1. The molecule has 17 heavy (non-hydrogen) atoms. The summed E-state index contributed by atoms with van der Waals surface area (Å²) in [6, 6.07) is 11.0. The van der Waals surface area contributed by atoms with Crippen molar-refractivity contribution in [1.82, 2.24) is 0 Å². The molecule has 0 bridgehead atoms. The monoisotopic (exact) mass is 233 g/mol. The van der Waals surface area contributed by atoms with Crippen molar-refractivity contribution in [2.24, 2.45) is 5.73 Å². The van der Waals surface area contributed by atoms with Crippen LogP contribution >= 0.6 is 0 Å². The smallest absolute Gasteiger partial charge is 0.0590 e. The molecule has 2 heteroatoms. The number of ether oxygens (including phenoxy) is 1. The van der Waals surface area contributed by atoms with E-state index in [1.807, 2.05) is 0 Å². The fourth-order valence-corrected chi connectivity index (χ4v) is 2.45. The zero-order valence-corrected chi connectivity index (χ0v) is 10.5. The van der Waals surface area contributed by atoms with Crippen LogP contribution in [0.2, 0.25) is 0 Å². The van der Waals surface area contributed by atoms with Gasteiger partial charge in [0, 0.05) is 12.6 Å². The quantitative estimate of drug-likeness (QED) is 0.767. The summed E-state index contributed by atoms with van der Waals surface area (Å²) >= 11 is 0. The summed E-state index contributed by atoms with van der Waals surface area (Å²) in [7, 11) is 0. The lowest BCUT2D eigenvalue weighted by Gasteiger charge is -2.11. The van der Waals surface area contributed by atoms with Crippen molar-refractivity contribution < 1.29 is 4.74 Å². The van der Waals surface area contributed by atoms with Crippen LogP contribution in [0.15, 0.2) is 30.3 Å². The molecule has 1 aliphatic carbocycles. The topological polar surface area (TPSA) is 35.2 Å². The van der Waals surface area contributed by atoms with Crippen LogP contribution in [-0.2, 0) is 11.2 Å². The molecule has 2 N–H and O–H groups in total. The third-order valence-electron chi connectivity index (χ3n) is 3.48. The second-order valence-electron chi connectivity index (χ2n) is 5.01. The minimum absolute atomic E-state index is 0.379. The molecule has 0 spiro atoms. The zero-order valence-electron chi connectivity index (χ0n) is 10.5. The maximum atomic E-state index is 5.85. The van der Waals surface area contributed by atoms with Crippen LogP contribution < -0.4 is 5.73 Å². The molecule has 2 atom stereocenters. The Morgan fingerprint density at radius 2 is 1.94 bits per heavy atom. The normalized spacial score (nSPS) is 24.1. The van der Waals surface area contributed by atoms with Crippen molar-refractivity contribution in [2.75, 3.05) is 6.61 Å². The van der Waals surface area contributed by atoms with Gasteiger partial charge in [-0.2, -0.15) is 0 Å². The lowest BCUT2D eigenvalue weighted by molar-refractivity contribution is 0.0551. The van der Waals surface area contributed by atoms with E-state index in [0.717, 1.165) is 38.7 Å². The van der Waals surface area contributed by atoms with Gasteiger partial charge in [0.15, 0.2) is 0 Å². The van der Waals surface area contributed by atoms with E-state index in [4.69, 9.17) is 10.5 Å². The Hall–Kier alpha value is -0.860. The molecule has 0 heterocycles. The van der Waals surface area contributed by atoms with Crippen LogP contribution in [0.5, 0.6) is 0 Å². The molecule has 0 aromatic heterocycles. The fraction of sp³-hybridized carbons (Fsp3) is 0.600. The molecule has 1 aliphatic rings. The third-order valence-corrected chi connectivity index (χ3v) is 3.48. The van der Waals surface area contributed by atoms with Gasteiger partial charge in [-0.3, -0.25) is 0 Å². The number of hydrogen-bond acceptors (Lipinski definition) is 2. The van der Waals surface area contributed by atoms with Crippen molar-refractivity contribution in [1.29, 1.82) is 0 Å². The van der Waals surface area contributed by atoms with E-state index in [1.54, 1.807) is 0 Å². The van der Waals surface area contributed by atoms with Crippen molar-refractivity contribution in [3.05, 3.63) is 35.9 Å². The van der Waals surface area contributed by atoms with Crippen molar-refractivity contribution in [3.8, 4) is 0 Å². The molecule has 1 aromatic carbocycles. The molecule has 0 radical (unpaired) electrons. The maximum absolute atomic E-state index is 5.85. The first-order chi connectivity index (χ1) is 8.34. The average molecular weight is 233 g/mol. The molecule has 2 rings (SSSR count). The largest absolute Gasteiger partial charge is 0.378 e. The maximum Gasteiger partial charge on any atom is 0.0590 e. The average Bonchev–Trinajstić information content (AvgIpc) is 2.76. The standard InChI is InChI=1S/C15H23NO/c16-14-9-10-15(12-14)17-11-5-4-8-13-6-2-1-3-7-13/h1-3,6-7,14-15H,4-5,8-12,16H2. The number of benzene rings is 1. The van der Waals surface area contributed by atoms with Crippen LogP contribution in [0.1, 0.15) is 37.7 Å². The number of nitrogens with two attached hydrogens (primary N) is 1. The first kappa shape index (κ1) is 12.6. The summed E-state index contributed by atoms with van der Waals surface area (Å²) in [5.41, 5.74) is 7.28. The Bertz CT molecular complexity index is 312. The van der Waals surface area contributed by atoms with E-state index >= 15 is 0 Å². The second-order valence-corrected chi connectivity index (χ2v) is 5.01. The molecule has 0 amide bonds. The Kier molecular flexibility index (Phi) is 5.02. The van der Waals surface area contributed by atoms with Crippen LogP contribution in [0.25, 0.3) is 0 Å². The molecule has 2 unspecified atom stereocenters. The molecule has 2 nitrogen and oxygen atoms in total. The van der Waals surface area contributed by atoms with Crippen LogP contribution in [-0.4, -0.2) is 18.8 Å². The summed E-state index contributed by atoms with van der Waals surface area (Å²) in [6.45, 7) is 0.893. The second kappa shape index (κ2) is 6.77. The highest BCUT2D eigenvalue weighted by atomic mass is 16.5. The molecule has 1 saturated carbocycles. The summed E-state index contributed by atoms with van der Waals surface area (Å²) in [5, 5.41) is 0. The Labute approximate surface area is 104 Å². The van der Waals surface area contributed by atoms with E-state index < -0.39 is 0 Å². The lowest BCUT2D eigenvalue weighted by atomic mass is 10.1. The molecule has 94 valence electrons. The van der Waals surface area contributed by atoms with Gasteiger partial charge in [-0.1, -0.05) is 30.3 Å². The predicted molar refractivity (Wildman–Crippen MR) is 70.9 cm³/mol. The van der Waals surface area contributed by atoms with E-state index in [9.17, 15) is 0 Å². The molecule has 1 fully saturated rings. The number of hydrogen-bond donors (Lipinski definition) is 1. The third kappa shape index (κ3) is 4.49. The highest BCUT2D eigenvalue weighted by Crippen LogP contribution is 2.20. The molecule has 0 aliphatic heterocycles. The lowest BCUT2D eigenvalue weighted by Crippen LogP contribution is -2.17. The first-order valence-corrected chi connectivity index (χ1v) is 6.75. The van der Waals surface area contributed by atoms with Gasteiger partial charge >= 0.3 is 0 Å². The van der Waals surface area contributed by atoms with Gasteiger partial charge in [-0.15, -0.1) is 0 Å². The van der Waals surface area contributed by atoms with E-state index in [-0.39, 0.29) is 0 Å². The molecule has 0 saturated heterocycles. The number of rotatable bonds is 6. The highest BCUT2D eigenvalue weighted by Gasteiger charge is 2.21. The van der Waals surface area contributed by atoms with E-state index in [1.165, 1.54) is 12.0 Å². The van der Waals surface area contributed by atoms with Gasteiger partial charge in [0.1, 0.15) is 0 Å². The fourth-order valence-electron chi connectivity index (χ4n) is 2.45. The number of unbranched alkanes of at least 4 members (excludes halogenated alkanes) is 1. The van der Waals surface area contributed by atoms with Crippen molar-refractivity contribution in [2.45, 2.75) is 50.7 Å². The molecular formula is C15H23NO. The summed E-state index contributed by atoms with van der Waals surface area (Å²) in [4.78, 5) is 0. The summed E-state index contributed by atoms with van der Waals surface area (Å²) in [5.74, 6) is 0. The summed E-state index contributed by atoms with van der Waals surface area (Å²) < 4.78 is 5.83. The minimum atomic E-state index is 0.379. The van der Waals surface area contributed by atoms with E-state index in [2.05, 4.69) is 30.3 Å². The predicted octanol–water partition coefficient (Wildman–Crippen LogP) is 2.91. The Morgan fingerprint density at radius 1 is 1.12 bits per heavy atom. The molecular weight excluding hydrogens is 210 g/mol. The van der Waals surface area contributed by atoms with Gasteiger partial charge in [0.05, 0.1) is 6.10 Å². The minimum Gasteiger partial charge on any atom is -0.378 e. The SMILES string of the molecule is NC1CCC(OCCCCc2ccccc2)C1. The Morgan fingerprint density at radius 3 is 2.65 bits per heavy atom. The van der Waals surface area contributed by atoms with Gasteiger partial charge < -0.3 is 10.5 Å². The van der Waals surface area contributed by atoms with Crippen LogP contribution in [0, 0.1) is 0 Å². The Balaban J connectivity index is 1.52. The van der Waals surface area contributed by atoms with Gasteiger partial charge in [0.2, 0.25) is 0 Å². The zero-order chi connectivity index (χ0) is 11.9. The first-order valence-electron chi connectivity index (χ1n) is 6.75. The van der Waals surface area contributed by atoms with Crippen LogP contribution in [0.4, 0.5) is 0 Å². The van der Waals surface area contributed by atoms with Crippen molar-refractivity contribution in [3.63, 3.8) is 0 Å². The highest BCUT2D eigenvalue weighted by molar-refractivity contribution is 5.14. The van der Waals surface area contributed by atoms with Crippen molar-refractivity contribution >= 4 is 0 Å². The van der Waals surface area contributed by atoms with E-state index in [0.29, 0.717) is 12.1 Å². The van der Waals surface area contributed by atoms with Gasteiger partial charge in [-0.25, -0.2) is 0 Å². The van der Waals surface area contributed by atoms with Crippen LogP contribution in [0.3, 0.4) is 0 Å². The van der Waals surface area contributed by atoms with Gasteiger partial charge in [0.25, 0.3) is 0 Å². The summed E-state index contributed by atoms with van der Waals surface area (Å²) in [6.07, 6.45) is 7.30. The molecule has 1 aromatic rings. The van der Waals surface area contributed by atoms with Gasteiger partial charge in [-0.05, 0) is 44.1 Å².